The van der Waals surface area contributed by atoms with Crippen LogP contribution in [0.3, 0.4) is 0 Å². The molecule has 0 unspecified atom stereocenters. The first kappa shape index (κ1) is 15.5. The van der Waals surface area contributed by atoms with Gasteiger partial charge in [0.25, 0.3) is 0 Å². The highest BCUT2D eigenvalue weighted by atomic mass is 35.5. The van der Waals surface area contributed by atoms with Crippen LogP contribution in [0.25, 0.3) is 0 Å². The molecule has 6 nitrogen and oxygen atoms in total. The molecule has 1 saturated heterocycles. The molecule has 1 aliphatic heterocycles. The topological polar surface area (TPSA) is 98.9 Å². The summed E-state index contributed by atoms with van der Waals surface area (Å²) in [6.07, 6.45) is 1.47. The highest BCUT2D eigenvalue weighted by Crippen LogP contribution is 1.85. The van der Waals surface area contributed by atoms with E-state index in [1.54, 1.807) is 0 Å². The molecular weight excluding hydrogens is 222 g/mol. The van der Waals surface area contributed by atoms with Crippen molar-refractivity contribution in [3.8, 4) is 0 Å². The van der Waals surface area contributed by atoms with Gasteiger partial charge in [-0.15, -0.1) is 11.6 Å². The number of alkyl halides is 1. The summed E-state index contributed by atoms with van der Waals surface area (Å²) in [6, 6.07) is 0. The van der Waals surface area contributed by atoms with Crippen LogP contribution in [-0.4, -0.2) is 45.8 Å². The molecule has 0 radical (unpaired) electrons. The Labute approximate surface area is 82.8 Å². The third kappa shape index (κ3) is 33.2. The number of rotatable bonds is 0. The first-order valence-corrected chi connectivity index (χ1v) is 5.54. The molecule has 1 fully saturated rings. The molecule has 0 aliphatic carbocycles. The molecule has 0 atom stereocenters. The lowest BCUT2D eigenvalue weighted by Gasteiger charge is -2.09. The van der Waals surface area contributed by atoms with E-state index in [0.717, 1.165) is 26.4 Å². The highest BCUT2D eigenvalue weighted by molar-refractivity contribution is 7.83. The lowest BCUT2D eigenvalue weighted by atomic mass is 10.6. The van der Waals surface area contributed by atoms with Crippen molar-refractivity contribution in [3.63, 3.8) is 0 Å². The SMILES string of the molecule is C1COCCO1.CCl.NS(=O)(=O)O. The standard InChI is InChI=1S/C4H8O2.CH3Cl.H3NO3S/c1-2-6-4-3-5-1;1-2;1-5(2,3)4/h1-4H2;1H3;(H3,1,2,3,4). The van der Waals surface area contributed by atoms with Crippen LogP contribution in [0.1, 0.15) is 0 Å². The Kier molecular flexibility index (Phi) is 12.2. The molecular formula is C5H14ClNO5S. The fraction of sp³-hybridized carbons (Fsp3) is 1.00. The molecule has 0 amide bonds. The van der Waals surface area contributed by atoms with E-state index in [4.69, 9.17) is 22.4 Å². The predicted molar refractivity (Wildman–Crippen MR) is 49.2 cm³/mol. The van der Waals surface area contributed by atoms with Crippen molar-refractivity contribution in [2.45, 2.75) is 0 Å². The maximum atomic E-state index is 8.97. The number of hydrogen-bond acceptors (Lipinski definition) is 4. The van der Waals surface area contributed by atoms with Crippen molar-refractivity contribution < 1.29 is 22.4 Å². The van der Waals surface area contributed by atoms with Crippen molar-refractivity contribution in [3.05, 3.63) is 0 Å². The molecule has 1 aliphatic rings. The third-order valence-corrected chi connectivity index (χ3v) is 0.744. The maximum absolute atomic E-state index is 8.97. The summed E-state index contributed by atoms with van der Waals surface area (Å²) in [7, 11) is -4.17. The van der Waals surface area contributed by atoms with Gasteiger partial charge in [-0.1, -0.05) is 0 Å². The van der Waals surface area contributed by atoms with Gasteiger partial charge in [0.05, 0.1) is 26.4 Å². The Bertz CT molecular complexity index is 160. The van der Waals surface area contributed by atoms with Crippen LogP contribution in [0.15, 0.2) is 0 Å². The van der Waals surface area contributed by atoms with Crippen molar-refractivity contribution in [1.29, 1.82) is 0 Å². The quantitative estimate of drug-likeness (QED) is 0.441. The fourth-order valence-electron chi connectivity index (χ4n) is 0.440. The van der Waals surface area contributed by atoms with E-state index in [1.165, 1.54) is 6.38 Å². The smallest absolute Gasteiger partial charge is 0.330 e. The van der Waals surface area contributed by atoms with Gasteiger partial charge in [0.15, 0.2) is 0 Å². The zero-order valence-electron chi connectivity index (χ0n) is 7.27. The van der Waals surface area contributed by atoms with E-state index in [1.807, 2.05) is 0 Å². The summed E-state index contributed by atoms with van der Waals surface area (Å²) in [5.74, 6) is 0. The first-order valence-electron chi connectivity index (χ1n) is 3.28. The van der Waals surface area contributed by atoms with Crippen molar-refractivity contribution >= 4 is 21.9 Å². The summed E-state index contributed by atoms with van der Waals surface area (Å²) < 4.78 is 35.1. The minimum atomic E-state index is -4.17. The number of ether oxygens (including phenoxy) is 2. The largest absolute Gasteiger partial charge is 0.377 e. The zero-order valence-corrected chi connectivity index (χ0v) is 8.84. The summed E-state index contributed by atoms with van der Waals surface area (Å²) in [5.41, 5.74) is 0. The highest BCUT2D eigenvalue weighted by Gasteiger charge is 1.94. The molecule has 1 heterocycles. The summed E-state index contributed by atoms with van der Waals surface area (Å²) in [5, 5.41) is 3.88. The molecule has 0 aromatic rings. The van der Waals surface area contributed by atoms with Crippen LogP contribution >= 0.6 is 11.6 Å². The van der Waals surface area contributed by atoms with Crippen LogP contribution in [0, 0.1) is 0 Å². The van der Waals surface area contributed by atoms with Gasteiger partial charge < -0.3 is 9.47 Å². The van der Waals surface area contributed by atoms with Crippen LogP contribution < -0.4 is 5.14 Å². The van der Waals surface area contributed by atoms with Gasteiger partial charge in [0, 0.05) is 6.38 Å². The number of hydrogen-bond donors (Lipinski definition) is 2. The molecule has 8 heteroatoms. The Balaban J connectivity index is 0. The van der Waals surface area contributed by atoms with Crippen LogP contribution in [0.4, 0.5) is 0 Å². The Morgan fingerprint density at radius 1 is 1.15 bits per heavy atom. The third-order valence-electron chi connectivity index (χ3n) is 0.744. The van der Waals surface area contributed by atoms with E-state index < -0.39 is 10.3 Å². The van der Waals surface area contributed by atoms with E-state index >= 15 is 0 Å². The Morgan fingerprint density at radius 2 is 1.31 bits per heavy atom. The average Bonchev–Trinajstić information content (AvgIpc) is 2.08. The summed E-state index contributed by atoms with van der Waals surface area (Å²) in [6.45, 7) is 3.11. The number of nitrogens with two attached hydrogens (primary N) is 1. The van der Waals surface area contributed by atoms with Gasteiger partial charge in [-0.2, -0.15) is 8.42 Å². The fourth-order valence-corrected chi connectivity index (χ4v) is 0.440. The normalized spacial score (nSPS) is 16.0. The summed E-state index contributed by atoms with van der Waals surface area (Å²) in [4.78, 5) is 0. The molecule has 0 aromatic carbocycles. The maximum Gasteiger partial charge on any atom is 0.330 e. The van der Waals surface area contributed by atoms with Crippen molar-refractivity contribution in [2.24, 2.45) is 5.14 Å². The van der Waals surface area contributed by atoms with Crippen LogP contribution in [0.5, 0.6) is 0 Å². The van der Waals surface area contributed by atoms with E-state index in [9.17, 15) is 0 Å². The van der Waals surface area contributed by atoms with Gasteiger partial charge in [-0.25, -0.2) is 5.14 Å². The van der Waals surface area contributed by atoms with E-state index in [0.29, 0.717) is 0 Å². The average molecular weight is 236 g/mol. The van der Waals surface area contributed by atoms with Gasteiger partial charge in [0.1, 0.15) is 0 Å². The minimum absolute atomic E-state index is 0.778. The molecule has 0 aromatic heterocycles. The van der Waals surface area contributed by atoms with Crippen molar-refractivity contribution in [2.75, 3.05) is 32.8 Å². The van der Waals surface area contributed by atoms with Gasteiger partial charge in [-0.05, 0) is 0 Å². The van der Waals surface area contributed by atoms with E-state index in [2.05, 4.69) is 16.7 Å². The Hall–Kier alpha value is 0.0800. The van der Waals surface area contributed by atoms with Crippen LogP contribution in [0.2, 0.25) is 0 Å². The molecule has 0 bridgehead atoms. The van der Waals surface area contributed by atoms with Gasteiger partial charge in [-0.3, -0.25) is 4.55 Å². The van der Waals surface area contributed by atoms with E-state index in [-0.39, 0.29) is 0 Å². The summed E-state index contributed by atoms with van der Waals surface area (Å²) >= 11 is 4.64. The van der Waals surface area contributed by atoms with Gasteiger partial charge in [0.2, 0.25) is 0 Å². The van der Waals surface area contributed by atoms with Crippen molar-refractivity contribution in [1.82, 2.24) is 0 Å². The monoisotopic (exact) mass is 235 g/mol. The lowest BCUT2D eigenvalue weighted by Crippen LogP contribution is -2.16. The first-order chi connectivity index (χ1) is 6.00. The predicted octanol–water partition coefficient (Wildman–Crippen LogP) is -0.364. The molecule has 82 valence electrons. The lowest BCUT2D eigenvalue weighted by molar-refractivity contribution is -0.0334. The zero-order chi connectivity index (χ0) is 10.7. The Morgan fingerprint density at radius 3 is 1.38 bits per heavy atom. The van der Waals surface area contributed by atoms with Gasteiger partial charge >= 0.3 is 10.3 Å². The van der Waals surface area contributed by atoms with Crippen LogP contribution in [-0.2, 0) is 19.8 Å². The molecule has 13 heavy (non-hydrogen) atoms. The second-order valence-corrected chi connectivity index (χ2v) is 2.77. The second-order valence-electron chi connectivity index (χ2n) is 1.74. The molecule has 0 saturated carbocycles. The molecule has 0 spiro atoms. The second kappa shape index (κ2) is 10.2. The molecule has 3 N–H and O–H groups in total. The molecule has 1 rings (SSSR count). The number of halogens is 1. The minimum Gasteiger partial charge on any atom is -0.377 e.